The van der Waals surface area contributed by atoms with E-state index in [2.05, 4.69) is 0 Å². The maximum absolute atomic E-state index is 10.6. The highest BCUT2D eigenvalue weighted by molar-refractivity contribution is 6.58. The van der Waals surface area contributed by atoms with Gasteiger partial charge >= 0.3 is 5.97 Å². The van der Waals surface area contributed by atoms with Crippen LogP contribution in [0.25, 0.3) is 0 Å². The van der Waals surface area contributed by atoms with Crippen LogP contribution in [0.2, 0.25) is 0 Å². The molecule has 0 radical (unpaired) electrons. The van der Waals surface area contributed by atoms with Crippen molar-refractivity contribution >= 4 is 35.0 Å². The van der Waals surface area contributed by atoms with Crippen molar-refractivity contribution in [3.63, 3.8) is 0 Å². The summed E-state index contributed by atoms with van der Waals surface area (Å²) in [5.41, 5.74) is 0. The Balaban J connectivity index is 3.92. The topological polar surface area (TPSA) is 54.4 Å². The number of rotatable bonds is 4. The van der Waals surface area contributed by atoms with Crippen LogP contribution in [0.5, 0.6) is 0 Å². The number of ketones is 1. The van der Waals surface area contributed by atoms with E-state index in [1.54, 1.807) is 0 Å². The second-order valence-electron chi connectivity index (χ2n) is 2.15. The number of hydrogen-bond acceptors (Lipinski definition) is 2. The van der Waals surface area contributed by atoms with Crippen molar-refractivity contribution in [2.24, 2.45) is 0 Å². The number of alkyl halides is 2. The van der Waals surface area contributed by atoms with Crippen LogP contribution in [-0.4, -0.2) is 21.2 Å². The van der Waals surface area contributed by atoms with Gasteiger partial charge in [-0.25, -0.2) is 0 Å². The minimum absolute atomic E-state index is 0.0548. The molecule has 0 amide bonds. The van der Waals surface area contributed by atoms with Gasteiger partial charge < -0.3 is 5.11 Å². The molecule has 5 heteroatoms. The molecule has 0 bridgehead atoms. The van der Waals surface area contributed by atoms with E-state index in [1.165, 1.54) is 6.92 Å². The third-order valence-corrected chi connectivity index (χ3v) is 2.08. The van der Waals surface area contributed by atoms with Gasteiger partial charge in [-0.15, -0.1) is 0 Å². The van der Waals surface area contributed by atoms with Gasteiger partial charge in [-0.3, -0.25) is 9.59 Å². The zero-order valence-corrected chi connectivity index (χ0v) is 7.45. The molecule has 0 aliphatic rings. The third-order valence-electron chi connectivity index (χ3n) is 1.17. The summed E-state index contributed by atoms with van der Waals surface area (Å²) in [4.78, 5) is 20.7. The minimum Gasteiger partial charge on any atom is -0.481 e. The van der Waals surface area contributed by atoms with Gasteiger partial charge in [-0.2, -0.15) is 0 Å². The van der Waals surface area contributed by atoms with E-state index < -0.39 is 16.1 Å². The molecule has 0 fully saturated rings. The summed E-state index contributed by atoms with van der Waals surface area (Å²) >= 11 is 10.9. The fraction of sp³-hybridized carbons (Fsp3) is 0.667. The van der Waals surface area contributed by atoms with E-state index in [9.17, 15) is 9.59 Å². The number of carbonyl (C=O) groups is 2. The van der Waals surface area contributed by atoms with E-state index in [0.29, 0.717) is 0 Å². The lowest BCUT2D eigenvalue weighted by Gasteiger charge is -2.13. The highest BCUT2D eigenvalue weighted by Gasteiger charge is 2.30. The Hall–Kier alpha value is -0.280. The molecule has 3 nitrogen and oxygen atoms in total. The Morgan fingerprint density at radius 3 is 2.18 bits per heavy atom. The molecule has 0 aromatic rings. The number of carboxylic acid groups (broad SMARTS) is 1. The average Bonchev–Trinajstić information content (AvgIpc) is 1.84. The van der Waals surface area contributed by atoms with Gasteiger partial charge in [0.2, 0.25) is 0 Å². The van der Waals surface area contributed by atoms with E-state index in [0.717, 1.165) is 0 Å². The lowest BCUT2D eigenvalue weighted by molar-refractivity contribution is -0.137. The second kappa shape index (κ2) is 3.93. The molecule has 0 atom stereocenters. The van der Waals surface area contributed by atoms with Crippen molar-refractivity contribution in [3.8, 4) is 0 Å². The molecular weight excluding hydrogens is 191 g/mol. The van der Waals surface area contributed by atoms with Crippen molar-refractivity contribution in [1.29, 1.82) is 0 Å². The molecule has 64 valence electrons. The largest absolute Gasteiger partial charge is 0.481 e. The molecule has 0 aliphatic heterocycles. The van der Waals surface area contributed by atoms with Crippen molar-refractivity contribution in [1.82, 2.24) is 0 Å². The first-order chi connectivity index (χ1) is 4.86. The molecule has 0 aliphatic carbocycles. The first kappa shape index (κ1) is 10.7. The van der Waals surface area contributed by atoms with Gasteiger partial charge in [0.05, 0.1) is 0 Å². The molecule has 0 rings (SSSR count). The number of carboxylic acids is 1. The number of aliphatic carboxylic acids is 1. The first-order valence-corrected chi connectivity index (χ1v) is 3.72. The van der Waals surface area contributed by atoms with Gasteiger partial charge in [-0.1, -0.05) is 23.2 Å². The second-order valence-corrected chi connectivity index (χ2v) is 3.64. The lowest BCUT2D eigenvalue weighted by atomic mass is 10.2. The van der Waals surface area contributed by atoms with Crippen LogP contribution in [0.1, 0.15) is 19.8 Å². The summed E-state index contributed by atoms with van der Waals surface area (Å²) in [7, 11) is 0. The van der Waals surface area contributed by atoms with E-state index in [1.807, 2.05) is 0 Å². The normalized spacial score (nSPS) is 11.2. The van der Waals surface area contributed by atoms with Crippen LogP contribution in [0.15, 0.2) is 0 Å². The van der Waals surface area contributed by atoms with Gasteiger partial charge in [0.15, 0.2) is 10.1 Å². The van der Waals surface area contributed by atoms with Crippen LogP contribution in [0.4, 0.5) is 0 Å². The SMILES string of the molecule is CC(=O)C(Cl)(Cl)CCC(=O)O. The van der Waals surface area contributed by atoms with Gasteiger partial charge in [0, 0.05) is 6.42 Å². The van der Waals surface area contributed by atoms with Gasteiger partial charge in [0.25, 0.3) is 0 Å². The summed E-state index contributed by atoms with van der Waals surface area (Å²) < 4.78 is -1.54. The van der Waals surface area contributed by atoms with Crippen molar-refractivity contribution in [2.75, 3.05) is 0 Å². The van der Waals surface area contributed by atoms with Crippen LogP contribution >= 0.6 is 23.2 Å². The average molecular weight is 199 g/mol. The Bertz CT molecular complexity index is 177. The fourth-order valence-electron chi connectivity index (χ4n) is 0.440. The predicted octanol–water partition coefficient (Wildman–Crippen LogP) is 1.61. The van der Waals surface area contributed by atoms with Gasteiger partial charge in [-0.05, 0) is 13.3 Å². The van der Waals surface area contributed by atoms with Crippen molar-refractivity contribution in [3.05, 3.63) is 0 Å². The first-order valence-electron chi connectivity index (χ1n) is 2.97. The smallest absolute Gasteiger partial charge is 0.303 e. The van der Waals surface area contributed by atoms with E-state index >= 15 is 0 Å². The molecular formula is C6H8Cl2O3. The van der Waals surface area contributed by atoms with Crippen molar-refractivity contribution < 1.29 is 14.7 Å². The molecule has 0 heterocycles. The maximum atomic E-state index is 10.6. The summed E-state index contributed by atoms with van der Waals surface area (Å²) in [5.74, 6) is -1.45. The lowest BCUT2D eigenvalue weighted by Crippen LogP contribution is -2.23. The Labute approximate surface area is 74.3 Å². The summed E-state index contributed by atoms with van der Waals surface area (Å²) in [6.07, 6.45) is -0.257. The van der Waals surface area contributed by atoms with E-state index in [4.69, 9.17) is 28.3 Å². The highest BCUT2D eigenvalue weighted by Crippen LogP contribution is 2.27. The number of Topliss-reactive ketones (excluding diaryl/α,β-unsaturated/α-hetero) is 1. The Kier molecular flexibility index (Phi) is 3.83. The molecule has 0 saturated heterocycles. The van der Waals surface area contributed by atoms with Crippen LogP contribution < -0.4 is 0 Å². The molecule has 0 aromatic heterocycles. The van der Waals surface area contributed by atoms with Crippen LogP contribution in [0.3, 0.4) is 0 Å². The third kappa shape index (κ3) is 4.22. The molecule has 0 aromatic carbocycles. The standard InChI is InChI=1S/C6H8Cl2O3/c1-4(9)6(7,8)3-2-5(10)11/h2-3H2,1H3,(H,10,11). The molecule has 1 N–H and O–H groups in total. The summed E-state index contributed by atoms with van der Waals surface area (Å²) in [6.45, 7) is 1.22. The summed E-state index contributed by atoms with van der Waals surface area (Å²) in [5, 5.41) is 8.23. The highest BCUT2D eigenvalue weighted by atomic mass is 35.5. The van der Waals surface area contributed by atoms with Gasteiger partial charge in [0.1, 0.15) is 0 Å². The quantitative estimate of drug-likeness (QED) is 0.699. The Morgan fingerprint density at radius 2 is 1.91 bits per heavy atom. The fourth-order valence-corrected chi connectivity index (χ4v) is 0.629. The zero-order valence-electron chi connectivity index (χ0n) is 5.93. The number of carbonyl (C=O) groups excluding carboxylic acids is 1. The Morgan fingerprint density at radius 1 is 1.45 bits per heavy atom. The molecule has 0 saturated carbocycles. The maximum Gasteiger partial charge on any atom is 0.303 e. The number of hydrogen-bond donors (Lipinski definition) is 1. The van der Waals surface area contributed by atoms with Crippen molar-refractivity contribution in [2.45, 2.75) is 24.1 Å². The molecule has 11 heavy (non-hydrogen) atoms. The van der Waals surface area contributed by atoms with Crippen LogP contribution in [-0.2, 0) is 9.59 Å². The summed E-state index contributed by atoms with van der Waals surface area (Å²) in [6, 6.07) is 0. The zero-order chi connectivity index (χ0) is 9.07. The van der Waals surface area contributed by atoms with Crippen LogP contribution in [0, 0.1) is 0 Å². The minimum atomic E-state index is -1.54. The number of halogens is 2. The van der Waals surface area contributed by atoms with E-state index in [-0.39, 0.29) is 12.8 Å². The molecule has 0 spiro atoms. The monoisotopic (exact) mass is 198 g/mol. The predicted molar refractivity (Wildman–Crippen MR) is 42.0 cm³/mol. The molecule has 0 unspecified atom stereocenters.